The van der Waals surface area contributed by atoms with Crippen LogP contribution in [0.1, 0.15) is 19.3 Å². The fourth-order valence-corrected chi connectivity index (χ4v) is 4.76. The molecule has 21 heavy (non-hydrogen) atoms. The number of nitrogens with zero attached hydrogens (tertiary/aromatic N) is 1. The first kappa shape index (κ1) is 18.8. The van der Waals surface area contributed by atoms with Gasteiger partial charge >= 0.3 is 0 Å². The first-order valence-corrected chi connectivity index (χ1v) is 9.58. The van der Waals surface area contributed by atoms with Gasteiger partial charge in [0.25, 0.3) is 0 Å². The number of rotatable bonds is 5. The Kier molecular flexibility index (Phi) is 7.50. The van der Waals surface area contributed by atoms with E-state index in [-0.39, 0.29) is 12.4 Å². The van der Waals surface area contributed by atoms with Crippen LogP contribution < -0.4 is 5.73 Å². The lowest BCUT2D eigenvalue weighted by Crippen LogP contribution is -2.40. The fraction of sp³-hybridized carbons (Fsp3) is 0.571. The molecule has 120 valence electrons. The van der Waals surface area contributed by atoms with Crippen LogP contribution in [0.15, 0.2) is 34.1 Å². The molecule has 0 saturated carbocycles. The Morgan fingerprint density at radius 3 is 2.86 bits per heavy atom. The summed E-state index contributed by atoms with van der Waals surface area (Å²) in [4.78, 5) is 1.37. The molecule has 2 rings (SSSR count). The third-order valence-corrected chi connectivity index (χ3v) is 6.32. The molecule has 1 heterocycles. The molecule has 1 atom stereocenters. The maximum atomic E-state index is 12.7. The predicted octanol–water partition coefficient (Wildman–Crippen LogP) is 2.58. The second kappa shape index (κ2) is 8.39. The maximum Gasteiger partial charge on any atom is 0.243 e. The molecule has 0 aromatic heterocycles. The molecule has 1 aromatic carbocycles. The Bertz CT molecular complexity index is 550. The quantitative estimate of drug-likeness (QED) is 0.829. The van der Waals surface area contributed by atoms with Gasteiger partial charge in [-0.25, -0.2) is 8.42 Å². The number of hydrogen-bond donors (Lipinski definition) is 1. The number of piperidine rings is 1. The Morgan fingerprint density at radius 2 is 2.19 bits per heavy atom. The first-order chi connectivity index (χ1) is 9.57. The summed E-state index contributed by atoms with van der Waals surface area (Å²) in [5.74, 6) is 0.396. The lowest BCUT2D eigenvalue weighted by molar-refractivity contribution is 0.258. The summed E-state index contributed by atoms with van der Waals surface area (Å²) in [5.41, 5.74) is 5.59. The minimum Gasteiger partial charge on any atom is -0.330 e. The van der Waals surface area contributed by atoms with Crippen molar-refractivity contribution in [1.29, 1.82) is 0 Å². The average Bonchev–Trinajstić information content (AvgIpc) is 2.48. The SMILES string of the molecule is CSc1cccc(S(=O)(=O)N2CCCC(CCN)C2)c1.Cl. The van der Waals surface area contributed by atoms with Crippen molar-refractivity contribution < 1.29 is 8.42 Å². The number of benzene rings is 1. The Morgan fingerprint density at radius 1 is 1.43 bits per heavy atom. The molecule has 7 heteroatoms. The van der Waals surface area contributed by atoms with Crippen LogP contribution in [0, 0.1) is 5.92 Å². The fourth-order valence-electron chi connectivity index (χ4n) is 2.63. The Balaban J connectivity index is 0.00000220. The zero-order chi connectivity index (χ0) is 14.6. The third kappa shape index (κ3) is 4.60. The van der Waals surface area contributed by atoms with Crippen molar-refractivity contribution in [2.75, 3.05) is 25.9 Å². The monoisotopic (exact) mass is 350 g/mol. The van der Waals surface area contributed by atoms with E-state index in [1.54, 1.807) is 34.3 Å². The molecule has 0 aliphatic carbocycles. The molecule has 1 saturated heterocycles. The Hall–Kier alpha value is -0.270. The molecule has 1 aliphatic rings. The van der Waals surface area contributed by atoms with E-state index >= 15 is 0 Å². The largest absolute Gasteiger partial charge is 0.330 e. The van der Waals surface area contributed by atoms with Crippen molar-refractivity contribution in [3.05, 3.63) is 24.3 Å². The molecule has 1 fully saturated rings. The average molecular weight is 351 g/mol. The molecule has 1 aliphatic heterocycles. The van der Waals surface area contributed by atoms with E-state index in [4.69, 9.17) is 5.73 Å². The van der Waals surface area contributed by atoms with E-state index in [1.807, 2.05) is 12.3 Å². The van der Waals surface area contributed by atoms with Gasteiger partial charge in [-0.15, -0.1) is 24.2 Å². The smallest absolute Gasteiger partial charge is 0.243 e. The summed E-state index contributed by atoms with van der Waals surface area (Å²) in [6.45, 7) is 1.84. The van der Waals surface area contributed by atoms with Gasteiger partial charge in [0.05, 0.1) is 4.90 Å². The second-order valence-corrected chi connectivity index (χ2v) is 7.95. The zero-order valence-corrected chi connectivity index (χ0v) is 14.6. The van der Waals surface area contributed by atoms with Gasteiger partial charge in [0.15, 0.2) is 0 Å². The van der Waals surface area contributed by atoms with E-state index in [0.717, 1.165) is 24.2 Å². The van der Waals surface area contributed by atoms with Gasteiger partial charge in [-0.05, 0) is 56.2 Å². The van der Waals surface area contributed by atoms with E-state index in [9.17, 15) is 8.42 Å². The van der Waals surface area contributed by atoms with Crippen LogP contribution in [-0.2, 0) is 10.0 Å². The Labute approximate surface area is 137 Å². The van der Waals surface area contributed by atoms with E-state index in [1.165, 1.54) is 0 Å². The van der Waals surface area contributed by atoms with Crippen molar-refractivity contribution in [2.45, 2.75) is 29.1 Å². The second-order valence-electron chi connectivity index (χ2n) is 5.13. The van der Waals surface area contributed by atoms with Crippen molar-refractivity contribution in [3.8, 4) is 0 Å². The highest BCUT2D eigenvalue weighted by Gasteiger charge is 2.29. The third-order valence-electron chi connectivity index (χ3n) is 3.74. The summed E-state index contributed by atoms with van der Waals surface area (Å²) in [5, 5.41) is 0. The maximum absolute atomic E-state index is 12.7. The number of nitrogens with two attached hydrogens (primary N) is 1. The lowest BCUT2D eigenvalue weighted by Gasteiger charge is -2.31. The number of hydrogen-bond acceptors (Lipinski definition) is 4. The van der Waals surface area contributed by atoms with Crippen LogP contribution in [-0.4, -0.2) is 38.6 Å². The number of sulfonamides is 1. The molecule has 0 amide bonds. The normalized spacial score (nSPS) is 20.0. The summed E-state index contributed by atoms with van der Waals surface area (Å²) >= 11 is 1.55. The number of thioether (sulfide) groups is 1. The van der Waals surface area contributed by atoms with Crippen molar-refractivity contribution >= 4 is 34.2 Å². The van der Waals surface area contributed by atoms with Crippen LogP contribution >= 0.6 is 24.2 Å². The zero-order valence-electron chi connectivity index (χ0n) is 12.2. The van der Waals surface area contributed by atoms with Gasteiger partial charge in [-0.1, -0.05) is 6.07 Å². The summed E-state index contributed by atoms with van der Waals surface area (Å²) < 4.78 is 27.0. The van der Waals surface area contributed by atoms with Gasteiger partial charge in [-0.3, -0.25) is 0 Å². The molecule has 0 bridgehead atoms. The van der Waals surface area contributed by atoms with Crippen molar-refractivity contribution in [2.24, 2.45) is 11.7 Å². The van der Waals surface area contributed by atoms with Gasteiger partial charge in [0.1, 0.15) is 0 Å². The highest BCUT2D eigenvalue weighted by molar-refractivity contribution is 7.98. The highest BCUT2D eigenvalue weighted by Crippen LogP contribution is 2.27. The van der Waals surface area contributed by atoms with Crippen LogP contribution in [0.3, 0.4) is 0 Å². The molecular weight excluding hydrogens is 328 g/mol. The number of halogens is 1. The molecule has 0 spiro atoms. The molecule has 1 unspecified atom stereocenters. The molecule has 1 aromatic rings. The van der Waals surface area contributed by atoms with Crippen LogP contribution in [0.25, 0.3) is 0 Å². The van der Waals surface area contributed by atoms with Gasteiger partial charge < -0.3 is 5.73 Å². The van der Waals surface area contributed by atoms with E-state index < -0.39 is 10.0 Å². The topological polar surface area (TPSA) is 63.4 Å². The van der Waals surface area contributed by atoms with Crippen LogP contribution in [0.5, 0.6) is 0 Å². The lowest BCUT2D eigenvalue weighted by atomic mass is 9.96. The first-order valence-electron chi connectivity index (χ1n) is 6.92. The molecule has 2 N–H and O–H groups in total. The standard InChI is InChI=1S/C14H22N2O2S2.ClH/c1-19-13-5-2-6-14(10-13)20(17,18)16-9-3-4-12(11-16)7-8-15;/h2,5-6,10,12H,3-4,7-9,11,15H2,1H3;1H. The summed E-state index contributed by atoms with van der Waals surface area (Å²) in [7, 11) is -3.37. The molecular formula is C14H23ClN2O2S2. The van der Waals surface area contributed by atoms with E-state index in [2.05, 4.69) is 0 Å². The summed E-state index contributed by atoms with van der Waals surface area (Å²) in [6.07, 6.45) is 4.85. The minimum atomic E-state index is -3.37. The van der Waals surface area contributed by atoms with Crippen LogP contribution in [0.2, 0.25) is 0 Å². The van der Waals surface area contributed by atoms with E-state index in [0.29, 0.717) is 30.4 Å². The predicted molar refractivity (Wildman–Crippen MR) is 90.6 cm³/mol. The van der Waals surface area contributed by atoms with Crippen LogP contribution in [0.4, 0.5) is 0 Å². The van der Waals surface area contributed by atoms with Gasteiger partial charge in [0, 0.05) is 18.0 Å². The molecule has 4 nitrogen and oxygen atoms in total. The van der Waals surface area contributed by atoms with Crippen molar-refractivity contribution in [1.82, 2.24) is 4.31 Å². The van der Waals surface area contributed by atoms with Crippen molar-refractivity contribution in [3.63, 3.8) is 0 Å². The minimum absolute atomic E-state index is 0. The van der Waals surface area contributed by atoms with Gasteiger partial charge in [-0.2, -0.15) is 4.31 Å². The molecule has 0 radical (unpaired) electrons. The highest BCUT2D eigenvalue weighted by atomic mass is 35.5. The van der Waals surface area contributed by atoms with Gasteiger partial charge in [0.2, 0.25) is 10.0 Å². The summed E-state index contributed by atoms with van der Waals surface area (Å²) in [6, 6.07) is 7.17.